The van der Waals surface area contributed by atoms with Crippen molar-refractivity contribution in [2.75, 3.05) is 11.1 Å². The highest BCUT2D eigenvalue weighted by molar-refractivity contribution is 5.95. The number of alkyl halides is 7. The Bertz CT molecular complexity index is 609. The minimum Gasteiger partial charge on any atom is -0.393 e. The summed E-state index contributed by atoms with van der Waals surface area (Å²) in [6, 6.07) is 0. The molecule has 13 heteroatoms. The number of nitrogens with one attached hydrogen (secondary N) is 2. The van der Waals surface area contributed by atoms with Crippen LogP contribution < -0.4 is 16.6 Å². The number of H-pyrrole nitrogens is 1. The zero-order valence-electron chi connectivity index (χ0n) is 9.56. The van der Waals surface area contributed by atoms with Gasteiger partial charge in [-0.15, -0.1) is 0 Å². The maximum absolute atomic E-state index is 12.9. The second-order valence-electron chi connectivity index (χ2n) is 3.62. The Morgan fingerprint density at radius 1 is 1.19 bits per heavy atom. The summed E-state index contributed by atoms with van der Waals surface area (Å²) in [5, 5.41) is 0.937. The molecule has 0 aliphatic rings. The second kappa shape index (κ2) is 4.89. The minimum absolute atomic E-state index is 0.500. The van der Waals surface area contributed by atoms with Crippen LogP contribution in [0.4, 0.5) is 42.4 Å². The standard InChI is InChI=1S/C8H5F7N4O2/c9-6(10,7(11,12)8(13,14)15)4(21)19-5-17-1-2(16)3(20)18-5/h1H,16H2,(H2,17,18,19,20,21). The Hall–Kier alpha value is -2.34. The average Bonchev–Trinajstić information content (AvgIpc) is 2.32. The highest BCUT2D eigenvalue weighted by Gasteiger charge is 2.76. The van der Waals surface area contributed by atoms with Crippen LogP contribution in [0.2, 0.25) is 0 Å². The Morgan fingerprint density at radius 2 is 1.71 bits per heavy atom. The van der Waals surface area contributed by atoms with Crippen molar-refractivity contribution in [1.82, 2.24) is 9.97 Å². The van der Waals surface area contributed by atoms with Gasteiger partial charge in [0.15, 0.2) is 0 Å². The summed E-state index contributed by atoms with van der Waals surface area (Å²) in [6.45, 7) is 0. The quantitative estimate of drug-likeness (QED) is 0.726. The number of carbonyl (C=O) groups excluding carboxylic acids is 1. The molecule has 0 atom stereocenters. The summed E-state index contributed by atoms with van der Waals surface area (Å²) in [6.07, 6.45) is -6.08. The van der Waals surface area contributed by atoms with Crippen LogP contribution >= 0.6 is 0 Å². The molecule has 0 bridgehead atoms. The molecule has 1 rings (SSSR count). The van der Waals surface area contributed by atoms with Gasteiger partial charge in [-0.05, 0) is 0 Å². The Morgan fingerprint density at radius 3 is 2.14 bits per heavy atom. The molecule has 21 heavy (non-hydrogen) atoms. The third kappa shape index (κ3) is 2.90. The molecule has 0 saturated heterocycles. The summed E-state index contributed by atoms with van der Waals surface area (Å²) in [5.74, 6) is -16.8. The molecule has 0 saturated carbocycles. The SMILES string of the molecule is Nc1cnc(NC(=O)C(F)(F)C(F)(F)C(F)(F)F)[nH]c1=O. The number of amides is 1. The Balaban J connectivity index is 3.07. The van der Waals surface area contributed by atoms with Gasteiger partial charge in [0.2, 0.25) is 5.95 Å². The third-order valence-corrected chi connectivity index (χ3v) is 2.09. The molecule has 0 aliphatic carbocycles. The van der Waals surface area contributed by atoms with E-state index in [4.69, 9.17) is 5.73 Å². The number of rotatable bonds is 3. The van der Waals surface area contributed by atoms with Crippen LogP contribution in [0.3, 0.4) is 0 Å². The number of anilines is 2. The fraction of sp³-hybridized carbons (Fsp3) is 0.375. The lowest BCUT2D eigenvalue weighted by atomic mass is 10.1. The van der Waals surface area contributed by atoms with Gasteiger partial charge in [0.05, 0.1) is 6.20 Å². The summed E-state index contributed by atoms with van der Waals surface area (Å²) in [4.78, 5) is 26.5. The van der Waals surface area contributed by atoms with E-state index < -0.39 is 41.1 Å². The molecule has 0 radical (unpaired) electrons. The summed E-state index contributed by atoms with van der Waals surface area (Å²) in [5.41, 5.74) is 3.38. The van der Waals surface area contributed by atoms with E-state index in [1.165, 1.54) is 0 Å². The molecule has 1 heterocycles. The predicted molar refractivity (Wildman–Crippen MR) is 53.8 cm³/mol. The lowest BCUT2D eigenvalue weighted by Gasteiger charge is -2.26. The number of halogens is 7. The van der Waals surface area contributed by atoms with Crippen LogP contribution in [0.5, 0.6) is 0 Å². The maximum atomic E-state index is 12.9. The molecule has 0 unspecified atom stereocenters. The monoisotopic (exact) mass is 322 g/mol. The van der Waals surface area contributed by atoms with Crippen LogP contribution in [-0.4, -0.2) is 33.9 Å². The van der Waals surface area contributed by atoms with Gasteiger partial charge in [-0.1, -0.05) is 0 Å². The van der Waals surface area contributed by atoms with Gasteiger partial charge in [0, 0.05) is 0 Å². The van der Waals surface area contributed by atoms with E-state index in [1.807, 2.05) is 0 Å². The van der Waals surface area contributed by atoms with Crippen LogP contribution in [0.25, 0.3) is 0 Å². The largest absolute Gasteiger partial charge is 0.460 e. The molecule has 0 fully saturated rings. The highest BCUT2D eigenvalue weighted by atomic mass is 19.4. The van der Waals surface area contributed by atoms with Crippen molar-refractivity contribution in [3.63, 3.8) is 0 Å². The summed E-state index contributed by atoms with van der Waals surface area (Å²) >= 11 is 0. The first-order chi connectivity index (χ1) is 9.30. The topological polar surface area (TPSA) is 101 Å². The fourth-order valence-electron chi connectivity index (χ4n) is 0.975. The van der Waals surface area contributed by atoms with Crippen molar-refractivity contribution in [3.05, 3.63) is 16.6 Å². The van der Waals surface area contributed by atoms with Gasteiger partial charge in [-0.25, -0.2) is 4.98 Å². The van der Waals surface area contributed by atoms with Crippen LogP contribution in [0, 0.1) is 0 Å². The fourth-order valence-corrected chi connectivity index (χ4v) is 0.975. The maximum Gasteiger partial charge on any atom is 0.460 e. The molecular formula is C8H5F7N4O2. The minimum atomic E-state index is -6.66. The molecule has 4 N–H and O–H groups in total. The predicted octanol–water partition coefficient (Wildman–Crippen LogP) is 1.12. The van der Waals surface area contributed by atoms with E-state index in [0.717, 1.165) is 5.32 Å². The number of carbonyl (C=O) groups is 1. The van der Waals surface area contributed by atoms with Crippen molar-refractivity contribution in [1.29, 1.82) is 0 Å². The van der Waals surface area contributed by atoms with E-state index in [-0.39, 0.29) is 0 Å². The number of hydrogen-bond donors (Lipinski definition) is 3. The molecular weight excluding hydrogens is 317 g/mol. The van der Waals surface area contributed by atoms with Crippen molar-refractivity contribution in [2.24, 2.45) is 0 Å². The van der Waals surface area contributed by atoms with E-state index >= 15 is 0 Å². The van der Waals surface area contributed by atoms with E-state index in [0.29, 0.717) is 6.20 Å². The molecule has 1 amide bonds. The van der Waals surface area contributed by atoms with Crippen molar-refractivity contribution < 1.29 is 35.5 Å². The smallest absolute Gasteiger partial charge is 0.393 e. The van der Waals surface area contributed by atoms with Gasteiger partial charge in [-0.3, -0.25) is 19.9 Å². The van der Waals surface area contributed by atoms with E-state index in [9.17, 15) is 40.3 Å². The number of nitrogen functional groups attached to an aromatic ring is 1. The normalized spacial score (nSPS) is 13.1. The zero-order valence-corrected chi connectivity index (χ0v) is 9.56. The van der Waals surface area contributed by atoms with Crippen LogP contribution in [0.15, 0.2) is 11.0 Å². The van der Waals surface area contributed by atoms with E-state index in [1.54, 1.807) is 4.98 Å². The van der Waals surface area contributed by atoms with Crippen LogP contribution in [0.1, 0.15) is 0 Å². The Labute approximate surface area is 110 Å². The zero-order chi connectivity index (χ0) is 16.6. The van der Waals surface area contributed by atoms with Gasteiger partial charge in [0.25, 0.3) is 5.56 Å². The number of nitrogens with zero attached hydrogens (tertiary/aromatic N) is 1. The number of nitrogens with two attached hydrogens (primary N) is 1. The van der Waals surface area contributed by atoms with Gasteiger partial charge < -0.3 is 5.73 Å². The van der Waals surface area contributed by atoms with Gasteiger partial charge >= 0.3 is 23.9 Å². The first-order valence-electron chi connectivity index (χ1n) is 4.79. The van der Waals surface area contributed by atoms with Gasteiger partial charge in [-0.2, -0.15) is 30.7 Å². The molecule has 1 aromatic rings. The van der Waals surface area contributed by atoms with Crippen molar-refractivity contribution >= 4 is 17.5 Å². The van der Waals surface area contributed by atoms with Gasteiger partial charge in [0.1, 0.15) is 5.69 Å². The molecule has 0 aromatic carbocycles. The highest BCUT2D eigenvalue weighted by Crippen LogP contribution is 2.46. The Kier molecular flexibility index (Phi) is 3.89. The lowest BCUT2D eigenvalue weighted by Crippen LogP contribution is -2.58. The molecule has 0 aliphatic heterocycles. The van der Waals surface area contributed by atoms with Crippen molar-refractivity contribution in [3.8, 4) is 0 Å². The number of hydrogen-bond acceptors (Lipinski definition) is 4. The lowest BCUT2D eigenvalue weighted by molar-refractivity contribution is -0.343. The first kappa shape index (κ1) is 16.7. The average molecular weight is 322 g/mol. The first-order valence-corrected chi connectivity index (χ1v) is 4.79. The molecule has 0 spiro atoms. The number of aromatic nitrogens is 2. The number of aromatic amines is 1. The molecule has 118 valence electrons. The molecule has 1 aromatic heterocycles. The summed E-state index contributed by atoms with van der Waals surface area (Å²) < 4.78 is 86.5. The second-order valence-corrected chi connectivity index (χ2v) is 3.62. The third-order valence-electron chi connectivity index (χ3n) is 2.09. The van der Waals surface area contributed by atoms with Crippen molar-refractivity contribution in [2.45, 2.75) is 18.0 Å². The van der Waals surface area contributed by atoms with E-state index in [2.05, 4.69) is 4.98 Å². The van der Waals surface area contributed by atoms with Crippen LogP contribution in [-0.2, 0) is 4.79 Å². The molecule has 6 nitrogen and oxygen atoms in total. The summed E-state index contributed by atoms with van der Waals surface area (Å²) in [7, 11) is 0.